The Morgan fingerprint density at radius 1 is 1.00 bits per heavy atom. The van der Waals surface area contributed by atoms with E-state index in [0.29, 0.717) is 34.5 Å². The SMILES string of the molecule is CC1C(S(=O)(=O)c2ccccc2)C2N(C)C(=O)CC[C@]2(C)[C@@H]2CC[C@]3(C)CCC[C@H]3[C@H]12. The molecule has 1 amide bonds. The third-order valence-corrected chi connectivity index (χ3v) is 12.5. The molecular formula is C26H37NO3S. The van der Waals surface area contributed by atoms with Crippen molar-refractivity contribution < 1.29 is 13.2 Å². The van der Waals surface area contributed by atoms with E-state index in [-0.39, 0.29) is 23.3 Å². The molecule has 1 saturated heterocycles. The Morgan fingerprint density at radius 3 is 2.42 bits per heavy atom. The molecule has 3 unspecified atom stereocenters. The number of benzene rings is 1. The summed E-state index contributed by atoms with van der Waals surface area (Å²) in [6.45, 7) is 6.97. The van der Waals surface area contributed by atoms with Gasteiger partial charge in [-0.1, -0.05) is 45.4 Å². The van der Waals surface area contributed by atoms with Crippen molar-refractivity contribution in [1.29, 1.82) is 0 Å². The van der Waals surface area contributed by atoms with Crippen LogP contribution < -0.4 is 0 Å². The van der Waals surface area contributed by atoms with Gasteiger partial charge in [-0.2, -0.15) is 0 Å². The smallest absolute Gasteiger partial charge is 0.222 e. The summed E-state index contributed by atoms with van der Waals surface area (Å²) in [5.74, 6) is 1.68. The van der Waals surface area contributed by atoms with Gasteiger partial charge in [0.15, 0.2) is 9.84 Å². The fraction of sp³-hybridized carbons (Fsp3) is 0.731. The first-order valence-corrected chi connectivity index (χ1v) is 13.7. The zero-order valence-electron chi connectivity index (χ0n) is 19.4. The van der Waals surface area contributed by atoms with Crippen LogP contribution in [-0.4, -0.2) is 37.6 Å². The second-order valence-electron chi connectivity index (χ2n) is 11.5. The number of nitrogens with zero attached hydrogens (tertiary/aromatic N) is 1. The van der Waals surface area contributed by atoms with Gasteiger partial charge >= 0.3 is 0 Å². The minimum absolute atomic E-state index is 0.0457. The molecule has 0 N–H and O–H groups in total. The van der Waals surface area contributed by atoms with Gasteiger partial charge in [0, 0.05) is 13.5 Å². The summed E-state index contributed by atoms with van der Waals surface area (Å²) < 4.78 is 28.3. The maximum absolute atomic E-state index is 14.2. The highest BCUT2D eigenvalue weighted by atomic mass is 32.2. The fourth-order valence-electron chi connectivity index (χ4n) is 8.71. The van der Waals surface area contributed by atoms with E-state index < -0.39 is 15.1 Å². The number of piperidine rings is 1. The van der Waals surface area contributed by atoms with E-state index in [1.165, 1.54) is 32.1 Å². The Bertz CT molecular complexity index is 976. The number of fused-ring (bicyclic) bond motifs is 5. The van der Waals surface area contributed by atoms with E-state index in [4.69, 9.17) is 0 Å². The second-order valence-corrected chi connectivity index (χ2v) is 13.6. The van der Waals surface area contributed by atoms with Gasteiger partial charge in [0.05, 0.1) is 16.2 Å². The molecule has 5 rings (SSSR count). The molecule has 5 heteroatoms. The molecule has 4 fully saturated rings. The van der Waals surface area contributed by atoms with E-state index in [1.54, 1.807) is 12.1 Å². The predicted molar refractivity (Wildman–Crippen MR) is 122 cm³/mol. The summed E-state index contributed by atoms with van der Waals surface area (Å²) >= 11 is 0. The average molecular weight is 444 g/mol. The Labute approximate surface area is 187 Å². The van der Waals surface area contributed by atoms with E-state index in [2.05, 4.69) is 20.8 Å². The van der Waals surface area contributed by atoms with Crippen LogP contribution in [0.1, 0.15) is 65.7 Å². The zero-order valence-corrected chi connectivity index (χ0v) is 20.2. The van der Waals surface area contributed by atoms with Gasteiger partial charge in [0.1, 0.15) is 0 Å². The lowest BCUT2D eigenvalue weighted by atomic mass is 9.45. The third-order valence-electron chi connectivity index (χ3n) is 10.2. The molecule has 1 aliphatic heterocycles. The number of amides is 1. The van der Waals surface area contributed by atoms with Crippen LogP contribution in [0.3, 0.4) is 0 Å². The zero-order chi connectivity index (χ0) is 22.2. The van der Waals surface area contributed by atoms with Crippen LogP contribution in [0.25, 0.3) is 0 Å². The molecule has 31 heavy (non-hydrogen) atoms. The predicted octanol–water partition coefficient (Wildman–Crippen LogP) is 4.94. The molecule has 0 aromatic heterocycles. The first-order valence-electron chi connectivity index (χ1n) is 12.2. The van der Waals surface area contributed by atoms with E-state index >= 15 is 0 Å². The molecule has 1 heterocycles. The highest BCUT2D eigenvalue weighted by molar-refractivity contribution is 7.92. The van der Waals surface area contributed by atoms with Gasteiger partial charge in [-0.25, -0.2) is 8.42 Å². The van der Waals surface area contributed by atoms with Crippen molar-refractivity contribution in [2.24, 2.45) is 34.5 Å². The maximum atomic E-state index is 14.2. The molecule has 1 aromatic rings. The number of hydrogen-bond acceptors (Lipinski definition) is 3. The second kappa shape index (κ2) is 7.07. The molecular weight excluding hydrogens is 406 g/mol. The van der Waals surface area contributed by atoms with Crippen molar-refractivity contribution in [2.45, 2.75) is 81.9 Å². The van der Waals surface area contributed by atoms with Crippen molar-refractivity contribution in [2.75, 3.05) is 7.05 Å². The third kappa shape index (κ3) is 2.91. The topological polar surface area (TPSA) is 54.5 Å². The number of likely N-dealkylation sites (tertiary alicyclic amines) is 1. The molecule has 3 saturated carbocycles. The van der Waals surface area contributed by atoms with Crippen molar-refractivity contribution in [3.63, 3.8) is 0 Å². The van der Waals surface area contributed by atoms with Gasteiger partial charge in [-0.3, -0.25) is 4.79 Å². The Balaban J connectivity index is 1.68. The quantitative estimate of drug-likeness (QED) is 0.651. The Kier molecular flexibility index (Phi) is 4.90. The van der Waals surface area contributed by atoms with E-state index in [0.717, 1.165) is 6.42 Å². The van der Waals surface area contributed by atoms with Gasteiger partial charge in [0.25, 0.3) is 0 Å². The average Bonchev–Trinajstić information content (AvgIpc) is 3.14. The molecule has 4 aliphatic rings. The summed E-state index contributed by atoms with van der Waals surface area (Å²) in [7, 11) is -1.71. The van der Waals surface area contributed by atoms with Crippen molar-refractivity contribution >= 4 is 15.7 Å². The van der Waals surface area contributed by atoms with Crippen molar-refractivity contribution in [3.05, 3.63) is 30.3 Å². The highest BCUT2D eigenvalue weighted by Gasteiger charge is 2.66. The van der Waals surface area contributed by atoms with Gasteiger partial charge < -0.3 is 4.90 Å². The van der Waals surface area contributed by atoms with Crippen molar-refractivity contribution in [3.8, 4) is 0 Å². The van der Waals surface area contributed by atoms with E-state index in [9.17, 15) is 13.2 Å². The summed E-state index contributed by atoms with van der Waals surface area (Å²) in [6, 6.07) is 8.71. The normalized spacial score (nSPS) is 45.0. The Hall–Kier alpha value is -1.36. The van der Waals surface area contributed by atoms with Gasteiger partial charge in [0.2, 0.25) is 5.91 Å². The summed E-state index contributed by atoms with van der Waals surface area (Å²) in [4.78, 5) is 15.1. The molecule has 0 radical (unpaired) electrons. The molecule has 3 aliphatic carbocycles. The van der Waals surface area contributed by atoms with Gasteiger partial charge in [-0.15, -0.1) is 0 Å². The van der Waals surface area contributed by atoms with Crippen LogP contribution in [0.2, 0.25) is 0 Å². The summed E-state index contributed by atoms with van der Waals surface area (Å²) in [5.41, 5.74) is 0.215. The van der Waals surface area contributed by atoms with Crippen molar-refractivity contribution in [1.82, 2.24) is 4.90 Å². The lowest BCUT2D eigenvalue weighted by Gasteiger charge is -2.65. The molecule has 4 nitrogen and oxygen atoms in total. The fourth-order valence-corrected chi connectivity index (χ4v) is 11.1. The van der Waals surface area contributed by atoms with Crippen LogP contribution in [0.4, 0.5) is 0 Å². The first kappa shape index (κ1) is 21.5. The van der Waals surface area contributed by atoms with Crippen LogP contribution in [0.15, 0.2) is 35.2 Å². The lowest BCUT2D eigenvalue weighted by molar-refractivity contribution is -0.163. The molecule has 170 valence electrons. The maximum Gasteiger partial charge on any atom is 0.222 e. The number of carbonyl (C=O) groups is 1. The summed E-state index contributed by atoms with van der Waals surface area (Å²) in [5, 5.41) is -0.543. The lowest BCUT2D eigenvalue weighted by Crippen LogP contribution is -2.70. The standard InChI is InChI=1S/C26H37NO3S/c1-17-22-19-11-8-14-25(19,2)15-12-20(22)26(3)16-13-21(28)27(4)24(26)23(17)31(29,30)18-9-6-5-7-10-18/h5-7,9-10,17,19-20,22-24H,8,11-16H2,1-4H3/t17?,19-,20+,22-,23?,24?,25-,26+/m0/s1. The molecule has 0 spiro atoms. The minimum Gasteiger partial charge on any atom is -0.341 e. The number of sulfone groups is 1. The van der Waals surface area contributed by atoms with Gasteiger partial charge in [-0.05, 0) is 78.7 Å². The highest BCUT2D eigenvalue weighted by Crippen LogP contribution is 2.66. The first-order chi connectivity index (χ1) is 14.6. The molecule has 8 atom stereocenters. The van der Waals surface area contributed by atoms with Crippen LogP contribution in [0.5, 0.6) is 0 Å². The van der Waals surface area contributed by atoms with E-state index in [1.807, 2.05) is 30.1 Å². The number of rotatable bonds is 2. The van der Waals surface area contributed by atoms with Crippen LogP contribution >= 0.6 is 0 Å². The number of carbonyl (C=O) groups excluding carboxylic acids is 1. The van der Waals surface area contributed by atoms with Crippen LogP contribution in [0, 0.1) is 34.5 Å². The monoisotopic (exact) mass is 443 g/mol. The molecule has 0 bridgehead atoms. The molecule has 1 aromatic carbocycles. The number of hydrogen-bond donors (Lipinski definition) is 0. The Morgan fingerprint density at radius 2 is 1.71 bits per heavy atom. The van der Waals surface area contributed by atoms with Crippen LogP contribution in [-0.2, 0) is 14.6 Å². The summed E-state index contributed by atoms with van der Waals surface area (Å²) in [6.07, 6.45) is 7.57. The largest absolute Gasteiger partial charge is 0.341 e. The minimum atomic E-state index is -3.57.